The molecular formula is C16H18N6O2. The predicted molar refractivity (Wildman–Crippen MR) is 92.2 cm³/mol. The summed E-state index contributed by atoms with van der Waals surface area (Å²) in [5, 5.41) is 3.13. The van der Waals surface area contributed by atoms with Gasteiger partial charge in [-0.25, -0.2) is 9.97 Å². The number of rotatable bonds is 5. The number of hydrogen-bond donors (Lipinski definition) is 2. The van der Waals surface area contributed by atoms with E-state index in [0.29, 0.717) is 40.7 Å². The van der Waals surface area contributed by atoms with Crippen molar-refractivity contribution in [3.8, 4) is 22.8 Å². The van der Waals surface area contributed by atoms with E-state index >= 15 is 0 Å². The lowest BCUT2D eigenvalue weighted by Crippen LogP contribution is -2.06. The first kappa shape index (κ1) is 15.7. The Bertz CT molecular complexity index is 884. The fourth-order valence-electron chi connectivity index (χ4n) is 2.35. The van der Waals surface area contributed by atoms with Gasteiger partial charge in [-0.3, -0.25) is 0 Å². The number of nitrogens with one attached hydrogen (secondary N) is 1. The zero-order valence-corrected chi connectivity index (χ0v) is 13.7. The van der Waals surface area contributed by atoms with E-state index in [0.717, 1.165) is 5.56 Å². The molecule has 0 radical (unpaired) electrons. The molecule has 0 amide bonds. The normalized spacial score (nSPS) is 10.6. The standard InChI is InChI=1S/C16H18N6O2/c1-4-18-14-13-15(22-16(17)21-14)19-8-10(20-13)9-5-6-11(23-2)12(7-9)24-3/h5-8H,4H2,1-3H3,(H3,17,18,19,21,22). The quantitative estimate of drug-likeness (QED) is 0.734. The highest BCUT2D eigenvalue weighted by atomic mass is 16.5. The Labute approximate surface area is 139 Å². The van der Waals surface area contributed by atoms with Crippen molar-refractivity contribution in [3.63, 3.8) is 0 Å². The van der Waals surface area contributed by atoms with Crippen LogP contribution in [-0.4, -0.2) is 40.7 Å². The average molecular weight is 326 g/mol. The van der Waals surface area contributed by atoms with Gasteiger partial charge in [0.2, 0.25) is 5.95 Å². The monoisotopic (exact) mass is 326 g/mol. The molecule has 0 fully saturated rings. The second-order valence-electron chi connectivity index (χ2n) is 4.96. The molecule has 3 N–H and O–H groups in total. The van der Waals surface area contributed by atoms with Gasteiger partial charge in [0.05, 0.1) is 26.1 Å². The lowest BCUT2D eigenvalue weighted by atomic mass is 10.1. The number of fused-ring (bicyclic) bond motifs is 1. The summed E-state index contributed by atoms with van der Waals surface area (Å²) >= 11 is 0. The van der Waals surface area contributed by atoms with E-state index in [9.17, 15) is 0 Å². The number of anilines is 2. The van der Waals surface area contributed by atoms with Crippen molar-refractivity contribution in [2.24, 2.45) is 0 Å². The Morgan fingerprint density at radius 3 is 2.58 bits per heavy atom. The van der Waals surface area contributed by atoms with Gasteiger partial charge in [0, 0.05) is 12.1 Å². The predicted octanol–water partition coefficient (Wildman–Crippen LogP) is 2.12. The molecule has 0 atom stereocenters. The van der Waals surface area contributed by atoms with Gasteiger partial charge in [-0.2, -0.15) is 9.97 Å². The van der Waals surface area contributed by atoms with Crippen molar-refractivity contribution in [1.29, 1.82) is 0 Å². The minimum atomic E-state index is 0.159. The molecule has 1 aromatic carbocycles. The summed E-state index contributed by atoms with van der Waals surface area (Å²) in [7, 11) is 3.19. The first-order chi connectivity index (χ1) is 11.7. The van der Waals surface area contributed by atoms with Crippen molar-refractivity contribution in [2.45, 2.75) is 6.92 Å². The van der Waals surface area contributed by atoms with E-state index in [1.165, 1.54) is 0 Å². The van der Waals surface area contributed by atoms with Crippen molar-refractivity contribution < 1.29 is 9.47 Å². The molecule has 8 heteroatoms. The maximum absolute atomic E-state index is 5.71. The van der Waals surface area contributed by atoms with Gasteiger partial charge in [0.15, 0.2) is 28.5 Å². The highest BCUT2D eigenvalue weighted by Gasteiger charge is 2.12. The van der Waals surface area contributed by atoms with E-state index in [2.05, 4.69) is 25.3 Å². The lowest BCUT2D eigenvalue weighted by Gasteiger charge is -2.10. The van der Waals surface area contributed by atoms with Crippen LogP contribution in [0.3, 0.4) is 0 Å². The van der Waals surface area contributed by atoms with Crippen LogP contribution in [0.2, 0.25) is 0 Å². The molecule has 0 saturated heterocycles. The fraction of sp³-hybridized carbons (Fsp3) is 0.250. The molecule has 0 spiro atoms. The van der Waals surface area contributed by atoms with Crippen LogP contribution in [0.1, 0.15) is 6.92 Å². The molecule has 2 aromatic heterocycles. The molecule has 3 rings (SSSR count). The third kappa shape index (κ3) is 2.85. The average Bonchev–Trinajstić information content (AvgIpc) is 2.61. The number of benzene rings is 1. The molecule has 2 heterocycles. The molecule has 0 saturated carbocycles. The summed E-state index contributed by atoms with van der Waals surface area (Å²) in [4.78, 5) is 17.3. The van der Waals surface area contributed by atoms with Crippen LogP contribution in [0.25, 0.3) is 22.4 Å². The SMILES string of the molecule is CCNc1nc(N)nc2ncc(-c3ccc(OC)c(OC)c3)nc12. The molecule has 124 valence electrons. The smallest absolute Gasteiger partial charge is 0.224 e. The summed E-state index contributed by atoms with van der Waals surface area (Å²) < 4.78 is 10.6. The number of methoxy groups -OCH3 is 2. The molecule has 0 aliphatic rings. The van der Waals surface area contributed by atoms with E-state index in [-0.39, 0.29) is 5.95 Å². The van der Waals surface area contributed by atoms with E-state index in [1.54, 1.807) is 20.4 Å². The molecular weight excluding hydrogens is 308 g/mol. The van der Waals surface area contributed by atoms with Crippen LogP contribution in [-0.2, 0) is 0 Å². The zero-order valence-electron chi connectivity index (χ0n) is 13.7. The number of nitrogens with two attached hydrogens (primary N) is 1. The van der Waals surface area contributed by atoms with Crippen LogP contribution < -0.4 is 20.5 Å². The number of aromatic nitrogens is 4. The molecule has 3 aromatic rings. The highest BCUT2D eigenvalue weighted by molar-refractivity contribution is 5.85. The molecule has 0 bridgehead atoms. The number of ether oxygens (including phenoxy) is 2. The minimum Gasteiger partial charge on any atom is -0.493 e. The molecule has 8 nitrogen and oxygen atoms in total. The second kappa shape index (κ2) is 6.53. The Balaban J connectivity index is 2.13. The van der Waals surface area contributed by atoms with Gasteiger partial charge < -0.3 is 20.5 Å². The summed E-state index contributed by atoms with van der Waals surface area (Å²) in [6.45, 7) is 2.66. The number of hydrogen-bond acceptors (Lipinski definition) is 8. The Morgan fingerprint density at radius 1 is 1.08 bits per heavy atom. The molecule has 0 aliphatic carbocycles. The van der Waals surface area contributed by atoms with Gasteiger partial charge in [-0.1, -0.05) is 0 Å². The van der Waals surface area contributed by atoms with E-state index in [1.807, 2.05) is 25.1 Å². The molecule has 0 aliphatic heterocycles. The first-order valence-corrected chi connectivity index (χ1v) is 7.42. The van der Waals surface area contributed by atoms with Crippen molar-refractivity contribution >= 4 is 22.9 Å². The van der Waals surface area contributed by atoms with Crippen LogP contribution in [0.4, 0.5) is 11.8 Å². The highest BCUT2D eigenvalue weighted by Crippen LogP contribution is 2.32. The lowest BCUT2D eigenvalue weighted by molar-refractivity contribution is 0.355. The largest absolute Gasteiger partial charge is 0.493 e. The summed E-state index contributed by atoms with van der Waals surface area (Å²) in [5.41, 5.74) is 8.25. The van der Waals surface area contributed by atoms with Crippen molar-refractivity contribution in [2.75, 3.05) is 31.8 Å². The van der Waals surface area contributed by atoms with Crippen molar-refractivity contribution in [3.05, 3.63) is 24.4 Å². The Hall–Kier alpha value is -3.16. The molecule has 0 unspecified atom stereocenters. The van der Waals surface area contributed by atoms with Gasteiger partial charge in [-0.05, 0) is 25.1 Å². The summed E-state index contributed by atoms with van der Waals surface area (Å²) in [6, 6.07) is 5.56. The van der Waals surface area contributed by atoms with E-state index in [4.69, 9.17) is 15.2 Å². The Morgan fingerprint density at radius 2 is 1.88 bits per heavy atom. The second-order valence-corrected chi connectivity index (χ2v) is 4.96. The van der Waals surface area contributed by atoms with Crippen LogP contribution >= 0.6 is 0 Å². The maximum Gasteiger partial charge on any atom is 0.224 e. The van der Waals surface area contributed by atoms with Crippen LogP contribution in [0, 0.1) is 0 Å². The maximum atomic E-state index is 5.71. The molecule has 24 heavy (non-hydrogen) atoms. The van der Waals surface area contributed by atoms with Crippen LogP contribution in [0.5, 0.6) is 11.5 Å². The summed E-state index contributed by atoms with van der Waals surface area (Å²) in [5.74, 6) is 2.00. The third-order valence-electron chi connectivity index (χ3n) is 3.45. The topological polar surface area (TPSA) is 108 Å². The van der Waals surface area contributed by atoms with Gasteiger partial charge in [0.25, 0.3) is 0 Å². The fourth-order valence-corrected chi connectivity index (χ4v) is 2.35. The van der Waals surface area contributed by atoms with Crippen LogP contribution in [0.15, 0.2) is 24.4 Å². The minimum absolute atomic E-state index is 0.159. The Kier molecular flexibility index (Phi) is 4.28. The number of nitrogen functional groups attached to an aromatic ring is 1. The van der Waals surface area contributed by atoms with E-state index < -0.39 is 0 Å². The van der Waals surface area contributed by atoms with Crippen molar-refractivity contribution in [1.82, 2.24) is 19.9 Å². The van der Waals surface area contributed by atoms with Gasteiger partial charge >= 0.3 is 0 Å². The van der Waals surface area contributed by atoms with Gasteiger partial charge in [-0.15, -0.1) is 0 Å². The van der Waals surface area contributed by atoms with Gasteiger partial charge in [0.1, 0.15) is 0 Å². The zero-order chi connectivity index (χ0) is 17.1. The number of nitrogens with zero attached hydrogens (tertiary/aromatic N) is 4. The summed E-state index contributed by atoms with van der Waals surface area (Å²) in [6.07, 6.45) is 1.64. The first-order valence-electron chi connectivity index (χ1n) is 7.42. The third-order valence-corrected chi connectivity index (χ3v) is 3.45.